The molecule has 2 aromatic rings. The molecular weight excluding hydrogens is 374 g/mol. The van der Waals surface area contributed by atoms with E-state index < -0.39 is 5.41 Å². The highest BCUT2D eigenvalue weighted by atomic mass is 35.5. The highest BCUT2D eigenvalue weighted by molar-refractivity contribution is 6.31. The quantitative estimate of drug-likeness (QED) is 0.580. The molecule has 2 unspecified atom stereocenters. The van der Waals surface area contributed by atoms with E-state index in [1.165, 1.54) is 6.07 Å². The molecule has 1 aromatic carbocycles. The zero-order valence-electron chi connectivity index (χ0n) is 14.1. The first kappa shape index (κ1) is 18.9. The zero-order chi connectivity index (χ0) is 18.6. The molecule has 1 heterocycles. The average Bonchev–Trinajstić information content (AvgIpc) is 3.09. The Labute approximate surface area is 162 Å². The maximum absolute atomic E-state index is 14.1. The summed E-state index contributed by atoms with van der Waals surface area (Å²) in [6.45, 7) is 4.55. The molecule has 0 N–H and O–H groups in total. The van der Waals surface area contributed by atoms with Gasteiger partial charge in [-0.3, -0.25) is 0 Å². The van der Waals surface area contributed by atoms with Crippen LogP contribution >= 0.6 is 23.2 Å². The monoisotopic (exact) mass is 392 g/mol. The van der Waals surface area contributed by atoms with Crippen LogP contribution in [0.3, 0.4) is 0 Å². The van der Waals surface area contributed by atoms with Crippen LogP contribution in [0, 0.1) is 11.2 Å². The molecule has 26 heavy (non-hydrogen) atoms. The van der Waals surface area contributed by atoms with E-state index in [9.17, 15) is 4.39 Å². The van der Waals surface area contributed by atoms with Gasteiger partial charge in [0.1, 0.15) is 5.82 Å². The minimum Gasteiger partial charge on any atom is -0.368 e. The van der Waals surface area contributed by atoms with Gasteiger partial charge >= 0.3 is 0 Å². The van der Waals surface area contributed by atoms with Gasteiger partial charge in [0.25, 0.3) is 0 Å². The highest BCUT2D eigenvalue weighted by Crippen LogP contribution is 2.40. The first-order chi connectivity index (χ1) is 12.5. The molecule has 0 saturated heterocycles. The number of ether oxygens (including phenoxy) is 1. The molecule has 2 atom stereocenters. The second-order valence-corrected chi connectivity index (χ2v) is 7.12. The molecule has 0 amide bonds. The van der Waals surface area contributed by atoms with Gasteiger partial charge in [0.2, 0.25) is 0 Å². The summed E-state index contributed by atoms with van der Waals surface area (Å²) in [5.74, 6) is -0.380. The number of imidazole rings is 1. The fourth-order valence-corrected chi connectivity index (χ4v) is 3.71. The Hall–Kier alpha value is -1.88. The maximum atomic E-state index is 14.1. The molecule has 3 nitrogen and oxygen atoms in total. The topological polar surface area (TPSA) is 27.1 Å². The number of benzene rings is 1. The summed E-state index contributed by atoms with van der Waals surface area (Å²) in [5, 5.41) is 0.984. The summed E-state index contributed by atoms with van der Waals surface area (Å²) < 4.78 is 22.1. The lowest BCUT2D eigenvalue weighted by molar-refractivity contribution is -0.00739. The predicted molar refractivity (Wildman–Crippen MR) is 103 cm³/mol. The lowest BCUT2D eigenvalue weighted by Gasteiger charge is -2.38. The molecule has 1 aromatic heterocycles. The van der Waals surface area contributed by atoms with Crippen LogP contribution in [0.15, 0.2) is 72.8 Å². The van der Waals surface area contributed by atoms with Crippen molar-refractivity contribution in [2.45, 2.75) is 25.7 Å². The predicted octanol–water partition coefficient (Wildman–Crippen LogP) is 5.52. The van der Waals surface area contributed by atoms with E-state index in [4.69, 9.17) is 27.9 Å². The molecule has 0 radical (unpaired) electrons. The molecule has 3 rings (SSSR count). The molecule has 0 saturated carbocycles. The van der Waals surface area contributed by atoms with Crippen LogP contribution in [0.25, 0.3) is 0 Å². The van der Waals surface area contributed by atoms with Crippen molar-refractivity contribution in [2.24, 2.45) is 5.41 Å². The first-order valence-corrected chi connectivity index (χ1v) is 8.97. The van der Waals surface area contributed by atoms with Gasteiger partial charge in [0, 0.05) is 40.0 Å². The second kappa shape index (κ2) is 8.21. The number of hydrogen-bond donors (Lipinski definition) is 0. The third-order valence-corrected chi connectivity index (χ3v) is 5.04. The van der Waals surface area contributed by atoms with Gasteiger partial charge in [-0.1, -0.05) is 47.5 Å². The van der Waals surface area contributed by atoms with Crippen molar-refractivity contribution in [1.82, 2.24) is 9.55 Å². The minimum atomic E-state index is -0.452. The SMILES string of the molecule is C=CCC1(Cn2ccnc2)C=C(Cl)C=CC1OCc1c(F)cccc1Cl. The number of hydrogen-bond acceptors (Lipinski definition) is 2. The van der Waals surface area contributed by atoms with Gasteiger partial charge in [-0.2, -0.15) is 0 Å². The van der Waals surface area contributed by atoms with Crippen molar-refractivity contribution < 1.29 is 9.13 Å². The Morgan fingerprint density at radius 1 is 1.38 bits per heavy atom. The van der Waals surface area contributed by atoms with Gasteiger partial charge in [-0.25, -0.2) is 9.37 Å². The Balaban J connectivity index is 1.87. The molecule has 6 heteroatoms. The average molecular weight is 393 g/mol. The number of rotatable bonds is 7. The van der Waals surface area contributed by atoms with E-state index in [1.807, 2.05) is 29.0 Å². The van der Waals surface area contributed by atoms with Crippen LogP contribution in [0.4, 0.5) is 4.39 Å². The van der Waals surface area contributed by atoms with E-state index in [0.29, 0.717) is 28.6 Å². The van der Waals surface area contributed by atoms with E-state index in [2.05, 4.69) is 11.6 Å². The van der Waals surface area contributed by atoms with Crippen molar-refractivity contribution in [3.63, 3.8) is 0 Å². The fourth-order valence-electron chi connectivity index (χ4n) is 3.20. The zero-order valence-corrected chi connectivity index (χ0v) is 15.6. The number of nitrogens with zero attached hydrogens (tertiary/aromatic N) is 2. The fraction of sp³-hybridized carbons (Fsp3) is 0.250. The summed E-state index contributed by atoms with van der Waals surface area (Å²) in [6, 6.07) is 4.60. The molecule has 1 aliphatic carbocycles. The number of aromatic nitrogens is 2. The summed E-state index contributed by atoms with van der Waals surface area (Å²) in [6.07, 6.45) is 13.2. The van der Waals surface area contributed by atoms with Gasteiger partial charge < -0.3 is 9.30 Å². The Kier molecular flexibility index (Phi) is 5.97. The summed E-state index contributed by atoms with van der Waals surface area (Å²) in [7, 11) is 0. The molecule has 136 valence electrons. The van der Waals surface area contributed by atoms with Crippen LogP contribution in [-0.2, 0) is 17.9 Å². The largest absolute Gasteiger partial charge is 0.368 e. The molecule has 0 spiro atoms. The van der Waals surface area contributed by atoms with Crippen molar-refractivity contribution in [2.75, 3.05) is 0 Å². The van der Waals surface area contributed by atoms with E-state index >= 15 is 0 Å². The lowest BCUT2D eigenvalue weighted by Crippen LogP contribution is -2.39. The highest BCUT2D eigenvalue weighted by Gasteiger charge is 2.38. The van der Waals surface area contributed by atoms with Gasteiger partial charge in [-0.15, -0.1) is 6.58 Å². The Bertz CT molecular complexity index is 812. The third-order valence-electron chi connectivity index (χ3n) is 4.45. The second-order valence-electron chi connectivity index (χ2n) is 6.28. The molecule has 0 bridgehead atoms. The van der Waals surface area contributed by atoms with Crippen LogP contribution in [0.5, 0.6) is 0 Å². The first-order valence-electron chi connectivity index (χ1n) is 8.22. The summed E-state index contributed by atoms with van der Waals surface area (Å²) >= 11 is 12.4. The Morgan fingerprint density at radius 3 is 2.92 bits per heavy atom. The van der Waals surface area contributed by atoms with Crippen molar-refractivity contribution >= 4 is 23.2 Å². The molecule has 0 fully saturated rings. The van der Waals surface area contributed by atoms with E-state index in [1.54, 1.807) is 30.7 Å². The van der Waals surface area contributed by atoms with Crippen LogP contribution < -0.4 is 0 Å². The van der Waals surface area contributed by atoms with Gasteiger partial charge in [-0.05, 0) is 24.6 Å². The summed E-state index contributed by atoms with van der Waals surface area (Å²) in [5.41, 5.74) is -0.107. The maximum Gasteiger partial charge on any atom is 0.130 e. The normalized spacial score (nSPS) is 22.3. The lowest BCUT2D eigenvalue weighted by atomic mass is 9.76. The molecule has 0 aliphatic heterocycles. The Morgan fingerprint density at radius 2 is 2.23 bits per heavy atom. The third kappa shape index (κ3) is 4.09. The van der Waals surface area contributed by atoms with Crippen molar-refractivity contribution in [1.29, 1.82) is 0 Å². The van der Waals surface area contributed by atoms with E-state index in [-0.39, 0.29) is 18.5 Å². The van der Waals surface area contributed by atoms with Crippen LogP contribution in [0.2, 0.25) is 5.02 Å². The van der Waals surface area contributed by atoms with Gasteiger partial charge in [0.05, 0.1) is 19.0 Å². The van der Waals surface area contributed by atoms with Crippen LogP contribution in [0.1, 0.15) is 12.0 Å². The standard InChI is InChI=1S/C20H19Cl2FN2O/c1-2-8-20(13-25-10-9-24-14-25)11-15(21)6-7-19(20)26-12-16-17(22)4-3-5-18(16)23/h2-7,9-11,14,19H,1,8,12-13H2. The van der Waals surface area contributed by atoms with Crippen LogP contribution in [-0.4, -0.2) is 15.7 Å². The van der Waals surface area contributed by atoms with E-state index in [0.717, 1.165) is 0 Å². The smallest absolute Gasteiger partial charge is 0.130 e. The number of halogens is 3. The molecule has 1 aliphatic rings. The minimum absolute atomic E-state index is 0.0643. The molecular formula is C20H19Cl2FN2O. The van der Waals surface area contributed by atoms with Crippen molar-refractivity contribution in [3.8, 4) is 0 Å². The van der Waals surface area contributed by atoms with Crippen molar-refractivity contribution in [3.05, 3.63) is 89.2 Å². The number of allylic oxidation sites excluding steroid dienone is 3. The summed E-state index contributed by atoms with van der Waals surface area (Å²) in [4.78, 5) is 4.10. The van der Waals surface area contributed by atoms with Gasteiger partial charge in [0.15, 0.2) is 0 Å².